The monoisotopic (exact) mass is 261 g/mol. The van der Waals surface area contributed by atoms with Gasteiger partial charge in [-0.2, -0.15) is 0 Å². The van der Waals surface area contributed by atoms with Gasteiger partial charge in [0, 0.05) is 0 Å². The van der Waals surface area contributed by atoms with Gasteiger partial charge in [0.15, 0.2) is 11.5 Å². The quantitative estimate of drug-likeness (QED) is 0.514. The summed E-state index contributed by atoms with van der Waals surface area (Å²) in [6.45, 7) is 0. The summed E-state index contributed by atoms with van der Waals surface area (Å²) in [5, 5.41) is 17.9. The second-order valence-corrected chi connectivity index (χ2v) is 2.72. The molecule has 0 saturated heterocycles. The first-order valence-corrected chi connectivity index (χ1v) is 3.47. The predicted molar refractivity (Wildman–Crippen MR) is 51.6 cm³/mol. The molecule has 15 heavy (non-hydrogen) atoms. The van der Waals surface area contributed by atoms with Crippen molar-refractivity contribution in [3.05, 3.63) is 21.6 Å². The summed E-state index contributed by atoms with van der Waals surface area (Å²) < 4.78 is 0. The van der Waals surface area contributed by atoms with Gasteiger partial charge in [0.1, 0.15) is 5.03 Å². The summed E-state index contributed by atoms with van der Waals surface area (Å²) in [5.41, 5.74) is 0. The minimum Gasteiger partial charge on any atom is -0.869 e. The third-order valence-electron chi connectivity index (χ3n) is 1.23. The second-order valence-electron chi connectivity index (χ2n) is 1.96. The van der Waals surface area contributed by atoms with Crippen LogP contribution in [0.4, 0.5) is 0 Å². The molecule has 1 aliphatic carbocycles. The molecule has 1 rings (SSSR count). The molecule has 0 aromatic heterocycles. The molecule has 0 heterocycles. The number of rotatable bonds is 0. The van der Waals surface area contributed by atoms with Crippen molar-refractivity contribution in [1.82, 2.24) is 6.15 Å². The van der Waals surface area contributed by atoms with Gasteiger partial charge in [-0.15, -0.1) is 0 Å². The molecular formula is C6H9Cl2NO6. The molecule has 0 atom stereocenters. The Bertz CT molecular complexity index is 286. The smallest absolute Gasteiger partial charge is 0.239 e. The first kappa shape index (κ1) is 19.5. The van der Waals surface area contributed by atoms with Crippen molar-refractivity contribution in [2.75, 3.05) is 0 Å². The number of aliphatic hydroxyl groups excluding tert-OH is 1. The fourth-order valence-corrected chi connectivity index (χ4v) is 0.961. The Kier molecular flexibility index (Phi) is 8.27. The molecule has 0 amide bonds. The number of carbonyl (C=O) groups excluding carboxylic acids is 2. The van der Waals surface area contributed by atoms with Crippen molar-refractivity contribution in [3.63, 3.8) is 0 Å². The molecule has 0 fully saturated rings. The minimum absolute atomic E-state index is 0. The number of aliphatic hydroxyl groups is 1. The average Bonchev–Trinajstić information content (AvgIpc) is 2.08. The SMILES string of the molecule is O.O.O=C1C(O)=C(Cl)C(=O)C([O-])=C1Cl.[NH4+]. The maximum absolute atomic E-state index is 10.8. The van der Waals surface area contributed by atoms with Crippen LogP contribution in [-0.2, 0) is 9.59 Å². The fourth-order valence-electron chi connectivity index (χ4n) is 0.614. The fraction of sp³-hybridized carbons (Fsp3) is 0. The number of halogens is 2. The Morgan fingerprint density at radius 2 is 1.40 bits per heavy atom. The van der Waals surface area contributed by atoms with Crippen molar-refractivity contribution in [2.24, 2.45) is 0 Å². The summed E-state index contributed by atoms with van der Waals surface area (Å²) in [6.07, 6.45) is 0. The van der Waals surface area contributed by atoms with Gasteiger partial charge in [-0.05, 0) is 5.76 Å². The van der Waals surface area contributed by atoms with Gasteiger partial charge >= 0.3 is 0 Å². The summed E-state index contributed by atoms with van der Waals surface area (Å²) in [7, 11) is 0. The van der Waals surface area contributed by atoms with E-state index in [1.54, 1.807) is 0 Å². The van der Waals surface area contributed by atoms with Crippen LogP contribution in [0.2, 0.25) is 0 Å². The molecule has 0 bridgehead atoms. The molecule has 9 N–H and O–H groups in total. The normalized spacial score (nSPS) is 15.3. The maximum atomic E-state index is 10.8. The highest BCUT2D eigenvalue weighted by Gasteiger charge is 2.28. The highest BCUT2D eigenvalue weighted by molar-refractivity contribution is 6.55. The largest absolute Gasteiger partial charge is 0.869 e. The van der Waals surface area contributed by atoms with Gasteiger partial charge in [0.25, 0.3) is 0 Å². The van der Waals surface area contributed by atoms with Crippen LogP contribution in [-0.4, -0.2) is 27.6 Å². The lowest BCUT2D eigenvalue weighted by Crippen LogP contribution is -2.26. The van der Waals surface area contributed by atoms with Crippen LogP contribution in [0, 0.1) is 0 Å². The van der Waals surface area contributed by atoms with Gasteiger partial charge < -0.3 is 27.3 Å². The van der Waals surface area contributed by atoms with Crippen LogP contribution in [0.1, 0.15) is 0 Å². The zero-order valence-corrected chi connectivity index (χ0v) is 8.94. The standard InChI is InChI=1S/C6H2Cl2O4.H3N.2H2O/c7-1-3(9)5(11)2(8)6(12)4(1)10;;;/h9,12H;1H3;2*1H2. The highest BCUT2D eigenvalue weighted by Crippen LogP contribution is 2.24. The van der Waals surface area contributed by atoms with Crippen LogP contribution in [0.15, 0.2) is 21.6 Å². The molecule has 0 spiro atoms. The number of carbonyl (C=O) groups is 2. The molecule has 0 radical (unpaired) electrons. The summed E-state index contributed by atoms with van der Waals surface area (Å²) in [4.78, 5) is 21.5. The molecule has 0 aromatic rings. The highest BCUT2D eigenvalue weighted by atomic mass is 35.5. The molecule has 1 aliphatic rings. The third kappa shape index (κ3) is 2.91. The number of allylic oxidation sites excluding steroid dienone is 2. The number of ketones is 2. The number of hydrogen-bond acceptors (Lipinski definition) is 4. The van der Waals surface area contributed by atoms with Gasteiger partial charge in [0.05, 0.1) is 5.03 Å². The predicted octanol–water partition coefficient (Wildman–Crippen LogP) is -1.32. The van der Waals surface area contributed by atoms with E-state index in [0.717, 1.165) is 0 Å². The molecular weight excluding hydrogens is 253 g/mol. The van der Waals surface area contributed by atoms with Crippen molar-refractivity contribution in [1.29, 1.82) is 0 Å². The molecule has 88 valence electrons. The molecule has 0 aromatic carbocycles. The van der Waals surface area contributed by atoms with Crippen LogP contribution in [0.25, 0.3) is 0 Å². The van der Waals surface area contributed by atoms with Gasteiger partial charge in [-0.25, -0.2) is 0 Å². The Balaban J connectivity index is -0.000000480. The zero-order valence-electron chi connectivity index (χ0n) is 7.43. The van der Waals surface area contributed by atoms with E-state index in [1.165, 1.54) is 0 Å². The van der Waals surface area contributed by atoms with Crippen molar-refractivity contribution >= 4 is 34.8 Å². The topological polar surface area (TPSA) is 177 Å². The van der Waals surface area contributed by atoms with E-state index in [2.05, 4.69) is 0 Å². The summed E-state index contributed by atoms with van der Waals surface area (Å²) in [6, 6.07) is 0. The number of quaternary nitrogens is 1. The van der Waals surface area contributed by atoms with Gasteiger partial charge in [-0.3, -0.25) is 9.59 Å². The lowest BCUT2D eigenvalue weighted by atomic mass is 10.1. The Hall–Kier alpha value is -1.12. The first-order valence-electron chi connectivity index (χ1n) is 2.71. The van der Waals surface area contributed by atoms with Crippen LogP contribution in [0.5, 0.6) is 0 Å². The molecule has 0 saturated carbocycles. The van der Waals surface area contributed by atoms with Crippen LogP contribution >= 0.6 is 23.2 Å². The molecule has 9 heteroatoms. The van der Waals surface area contributed by atoms with Crippen molar-refractivity contribution < 1.29 is 30.8 Å². The van der Waals surface area contributed by atoms with Crippen molar-refractivity contribution in [2.45, 2.75) is 0 Å². The average molecular weight is 262 g/mol. The minimum atomic E-state index is -1.19. The Labute approximate surface area is 93.8 Å². The Morgan fingerprint density at radius 1 is 1.00 bits per heavy atom. The second kappa shape index (κ2) is 6.38. The van der Waals surface area contributed by atoms with E-state index in [0.29, 0.717) is 0 Å². The van der Waals surface area contributed by atoms with E-state index in [4.69, 9.17) is 28.3 Å². The first-order chi connectivity index (χ1) is 5.46. The maximum Gasteiger partial charge on any atom is 0.239 e. The lowest BCUT2D eigenvalue weighted by molar-refractivity contribution is -0.298. The van der Waals surface area contributed by atoms with Gasteiger partial charge in [0.2, 0.25) is 5.78 Å². The van der Waals surface area contributed by atoms with Crippen molar-refractivity contribution in [3.8, 4) is 0 Å². The number of hydrogen-bond donors (Lipinski definition) is 2. The van der Waals surface area contributed by atoms with E-state index >= 15 is 0 Å². The van der Waals surface area contributed by atoms with E-state index in [-0.39, 0.29) is 17.1 Å². The summed E-state index contributed by atoms with van der Waals surface area (Å²) in [5.74, 6) is -4.46. The third-order valence-corrected chi connectivity index (χ3v) is 1.92. The Morgan fingerprint density at radius 3 is 1.80 bits per heavy atom. The molecule has 0 unspecified atom stereocenters. The lowest BCUT2D eigenvalue weighted by Gasteiger charge is -2.17. The molecule has 0 aliphatic heterocycles. The zero-order chi connectivity index (χ0) is 9.46. The van der Waals surface area contributed by atoms with Crippen LogP contribution < -0.4 is 11.3 Å². The van der Waals surface area contributed by atoms with E-state index < -0.39 is 33.1 Å². The van der Waals surface area contributed by atoms with Crippen LogP contribution in [0.3, 0.4) is 0 Å². The molecule has 7 nitrogen and oxygen atoms in total. The van der Waals surface area contributed by atoms with Gasteiger partial charge in [-0.1, -0.05) is 23.2 Å². The van der Waals surface area contributed by atoms with E-state index in [1.807, 2.05) is 0 Å². The summed E-state index contributed by atoms with van der Waals surface area (Å²) >= 11 is 10.3. The van der Waals surface area contributed by atoms with E-state index in [9.17, 15) is 14.7 Å². The number of Topliss-reactive ketones (excluding diaryl/α,β-unsaturated/α-hetero) is 2.